The third kappa shape index (κ3) is 6.74. The van der Waals surface area contributed by atoms with E-state index in [4.69, 9.17) is 9.47 Å². The molecule has 0 unspecified atom stereocenters. The molecule has 0 bridgehead atoms. The second-order valence-electron chi connectivity index (χ2n) is 5.67. The Kier molecular flexibility index (Phi) is 9.14. The molecule has 3 amide bonds. The van der Waals surface area contributed by atoms with Crippen molar-refractivity contribution in [3.8, 4) is 0 Å². The predicted octanol–water partition coefficient (Wildman–Crippen LogP) is 0.562. The molecule has 0 aromatic carbocycles. The third-order valence-electron chi connectivity index (χ3n) is 3.98. The van der Waals surface area contributed by atoms with E-state index in [2.05, 4.69) is 0 Å². The Labute approximate surface area is 143 Å². The molecule has 1 saturated heterocycles. The van der Waals surface area contributed by atoms with Gasteiger partial charge in [0.25, 0.3) is 0 Å². The highest BCUT2D eigenvalue weighted by atomic mass is 16.6. The van der Waals surface area contributed by atoms with E-state index in [0.29, 0.717) is 58.9 Å². The molecule has 1 aliphatic rings. The number of carbonyl (C=O) groups is 3. The molecule has 1 rings (SSSR count). The van der Waals surface area contributed by atoms with E-state index in [9.17, 15) is 14.4 Å². The summed E-state index contributed by atoms with van der Waals surface area (Å²) in [5.41, 5.74) is 0. The lowest BCUT2D eigenvalue weighted by atomic mass is 10.2. The van der Waals surface area contributed by atoms with Gasteiger partial charge in [0.05, 0.1) is 6.61 Å². The molecule has 24 heavy (non-hydrogen) atoms. The maximum Gasteiger partial charge on any atom is 0.409 e. The number of hydrogen-bond donors (Lipinski definition) is 0. The molecule has 8 nitrogen and oxygen atoms in total. The van der Waals surface area contributed by atoms with Crippen LogP contribution >= 0.6 is 0 Å². The van der Waals surface area contributed by atoms with Crippen LogP contribution in [0, 0.1) is 0 Å². The minimum Gasteiger partial charge on any atom is -0.450 e. The minimum absolute atomic E-state index is 0.0106. The van der Waals surface area contributed by atoms with Gasteiger partial charge in [-0.2, -0.15) is 0 Å². The van der Waals surface area contributed by atoms with Crippen LogP contribution < -0.4 is 0 Å². The fraction of sp³-hybridized carbons (Fsp3) is 0.812. The van der Waals surface area contributed by atoms with E-state index in [-0.39, 0.29) is 17.9 Å². The van der Waals surface area contributed by atoms with Crippen molar-refractivity contribution in [2.45, 2.75) is 26.7 Å². The Bertz CT molecular complexity index is 422. The van der Waals surface area contributed by atoms with Crippen LogP contribution in [0.4, 0.5) is 4.79 Å². The highest BCUT2D eigenvalue weighted by Gasteiger charge is 2.25. The maximum absolute atomic E-state index is 12.3. The van der Waals surface area contributed by atoms with Gasteiger partial charge in [-0.1, -0.05) is 0 Å². The second kappa shape index (κ2) is 10.9. The number of piperazine rings is 1. The number of carbonyl (C=O) groups excluding carboxylic acids is 3. The predicted molar refractivity (Wildman–Crippen MR) is 88.5 cm³/mol. The van der Waals surface area contributed by atoms with Crippen molar-refractivity contribution in [3.63, 3.8) is 0 Å². The molecule has 0 atom stereocenters. The fourth-order valence-electron chi connectivity index (χ4n) is 2.57. The van der Waals surface area contributed by atoms with Crippen LogP contribution in [-0.2, 0) is 19.1 Å². The van der Waals surface area contributed by atoms with Gasteiger partial charge in [0.15, 0.2) is 0 Å². The summed E-state index contributed by atoms with van der Waals surface area (Å²) in [4.78, 5) is 40.6. The van der Waals surface area contributed by atoms with Gasteiger partial charge >= 0.3 is 6.09 Å². The topological polar surface area (TPSA) is 79.4 Å². The van der Waals surface area contributed by atoms with Crippen LogP contribution in [0.1, 0.15) is 26.7 Å². The van der Waals surface area contributed by atoms with Gasteiger partial charge < -0.3 is 24.2 Å². The van der Waals surface area contributed by atoms with E-state index >= 15 is 0 Å². The van der Waals surface area contributed by atoms with Crippen LogP contribution in [0.15, 0.2) is 0 Å². The van der Waals surface area contributed by atoms with E-state index in [1.807, 2.05) is 0 Å². The number of hydrogen-bond acceptors (Lipinski definition) is 5. The molecule has 0 N–H and O–H groups in total. The van der Waals surface area contributed by atoms with Crippen LogP contribution in [0.25, 0.3) is 0 Å². The molecule has 0 aliphatic carbocycles. The summed E-state index contributed by atoms with van der Waals surface area (Å²) < 4.78 is 9.94. The Morgan fingerprint density at radius 2 is 1.67 bits per heavy atom. The zero-order chi connectivity index (χ0) is 17.9. The van der Waals surface area contributed by atoms with Crippen LogP contribution in [0.5, 0.6) is 0 Å². The molecule has 1 heterocycles. The monoisotopic (exact) mass is 343 g/mol. The lowest BCUT2D eigenvalue weighted by Crippen LogP contribution is -2.51. The molecule has 1 fully saturated rings. The number of ether oxygens (including phenoxy) is 2. The van der Waals surface area contributed by atoms with E-state index in [1.165, 1.54) is 6.92 Å². The standard InChI is InChI=1S/C16H29N3O5/c1-4-24-16(22)19-11-9-18(10-12-19)15(21)6-8-17(14(2)20)7-5-13-23-3/h4-13H2,1-3H3. The normalized spacial score (nSPS) is 14.5. The Morgan fingerprint density at radius 1 is 1.04 bits per heavy atom. The molecule has 0 saturated carbocycles. The van der Waals surface area contributed by atoms with E-state index in [0.717, 1.165) is 6.42 Å². The van der Waals surface area contributed by atoms with Gasteiger partial charge in [0.1, 0.15) is 0 Å². The number of methoxy groups -OCH3 is 1. The summed E-state index contributed by atoms with van der Waals surface area (Å²) in [6, 6.07) is 0. The van der Waals surface area contributed by atoms with Crippen molar-refractivity contribution in [2.24, 2.45) is 0 Å². The summed E-state index contributed by atoms with van der Waals surface area (Å²) in [5.74, 6) is -0.0254. The number of nitrogens with zero attached hydrogens (tertiary/aromatic N) is 3. The minimum atomic E-state index is -0.328. The van der Waals surface area contributed by atoms with Gasteiger partial charge in [-0.25, -0.2) is 4.79 Å². The second-order valence-corrected chi connectivity index (χ2v) is 5.67. The van der Waals surface area contributed by atoms with Crippen molar-refractivity contribution in [1.82, 2.24) is 14.7 Å². The van der Waals surface area contributed by atoms with Crippen LogP contribution in [0.2, 0.25) is 0 Å². The van der Waals surface area contributed by atoms with Crippen molar-refractivity contribution in [2.75, 3.05) is 59.6 Å². The Hall–Kier alpha value is -1.83. The van der Waals surface area contributed by atoms with Crippen molar-refractivity contribution >= 4 is 17.9 Å². The molecule has 0 spiro atoms. The van der Waals surface area contributed by atoms with Gasteiger partial charge in [-0.05, 0) is 13.3 Å². The molecule has 0 radical (unpaired) electrons. The first-order valence-electron chi connectivity index (χ1n) is 8.43. The van der Waals surface area contributed by atoms with Crippen molar-refractivity contribution < 1.29 is 23.9 Å². The van der Waals surface area contributed by atoms with E-state index < -0.39 is 0 Å². The first kappa shape index (κ1) is 20.2. The molecule has 0 aromatic rings. The highest BCUT2D eigenvalue weighted by molar-refractivity contribution is 5.78. The van der Waals surface area contributed by atoms with Gasteiger partial charge in [-0.3, -0.25) is 9.59 Å². The third-order valence-corrected chi connectivity index (χ3v) is 3.98. The Morgan fingerprint density at radius 3 is 2.21 bits per heavy atom. The van der Waals surface area contributed by atoms with Gasteiger partial charge in [0, 0.05) is 66.3 Å². The average Bonchev–Trinajstić information content (AvgIpc) is 2.57. The Balaban J connectivity index is 2.34. The first-order chi connectivity index (χ1) is 11.5. The smallest absolute Gasteiger partial charge is 0.409 e. The van der Waals surface area contributed by atoms with E-state index in [1.54, 1.807) is 28.7 Å². The summed E-state index contributed by atoms with van der Waals surface area (Å²) in [5, 5.41) is 0. The molecule has 1 aliphatic heterocycles. The quantitative estimate of drug-likeness (QED) is 0.602. The molecule has 0 aromatic heterocycles. The SMILES string of the molecule is CCOC(=O)N1CCN(C(=O)CCN(CCCOC)C(C)=O)CC1. The van der Waals surface area contributed by atoms with Crippen molar-refractivity contribution in [1.29, 1.82) is 0 Å². The largest absolute Gasteiger partial charge is 0.450 e. The summed E-state index contributed by atoms with van der Waals surface area (Å²) >= 11 is 0. The molecular formula is C16H29N3O5. The van der Waals surface area contributed by atoms with Gasteiger partial charge in [0.2, 0.25) is 11.8 Å². The summed E-state index contributed by atoms with van der Waals surface area (Å²) in [6.45, 7) is 7.19. The first-order valence-corrected chi connectivity index (χ1v) is 8.43. The zero-order valence-electron chi connectivity index (χ0n) is 15.0. The fourth-order valence-corrected chi connectivity index (χ4v) is 2.57. The van der Waals surface area contributed by atoms with Gasteiger partial charge in [-0.15, -0.1) is 0 Å². The van der Waals surface area contributed by atoms with Crippen LogP contribution in [0.3, 0.4) is 0 Å². The molecule has 8 heteroatoms. The lowest BCUT2D eigenvalue weighted by molar-refractivity contribution is -0.134. The zero-order valence-corrected chi connectivity index (χ0v) is 15.0. The molecule has 138 valence electrons. The summed E-state index contributed by atoms with van der Waals surface area (Å²) in [7, 11) is 1.62. The number of amides is 3. The number of rotatable bonds is 8. The molecular weight excluding hydrogens is 314 g/mol. The summed E-state index contributed by atoms with van der Waals surface area (Å²) in [6.07, 6.45) is 0.722. The maximum atomic E-state index is 12.3. The van der Waals surface area contributed by atoms with Crippen molar-refractivity contribution in [3.05, 3.63) is 0 Å². The van der Waals surface area contributed by atoms with Crippen LogP contribution in [-0.4, -0.2) is 92.2 Å². The highest BCUT2D eigenvalue weighted by Crippen LogP contribution is 2.07. The lowest BCUT2D eigenvalue weighted by Gasteiger charge is -2.34. The average molecular weight is 343 g/mol.